The van der Waals surface area contributed by atoms with Crippen LogP contribution in [0.15, 0.2) is 102 Å². The number of nitrogens with zero attached hydrogens (tertiary/aromatic N) is 2. The number of rotatable bonds is 5. The van der Waals surface area contributed by atoms with E-state index in [4.69, 9.17) is 18.9 Å². The van der Waals surface area contributed by atoms with Crippen LogP contribution in [0.1, 0.15) is 25.6 Å². The Morgan fingerprint density at radius 1 is 0.618 bits per heavy atom. The molecule has 0 amide bonds. The quantitative estimate of drug-likeness (QED) is 0.512. The third kappa shape index (κ3) is 3.79. The highest BCUT2D eigenvalue weighted by Gasteiger charge is 2.47. The van der Waals surface area contributed by atoms with E-state index in [0.717, 1.165) is 22.6 Å². The van der Waals surface area contributed by atoms with Crippen molar-refractivity contribution in [3.63, 3.8) is 0 Å². The molecule has 0 aliphatic carbocycles. The Hall–Kier alpha value is -3.16. The topological polar surface area (TPSA) is 43.4 Å². The van der Waals surface area contributed by atoms with Gasteiger partial charge in [0.05, 0.1) is 5.70 Å². The van der Waals surface area contributed by atoms with Crippen LogP contribution in [0, 0.1) is 0 Å². The molecule has 0 aromatic heterocycles. The van der Waals surface area contributed by atoms with Crippen LogP contribution in [-0.4, -0.2) is 31.7 Å². The van der Waals surface area contributed by atoms with Crippen molar-refractivity contribution < 1.29 is 18.9 Å². The molecular formula is C28H28N2O4. The van der Waals surface area contributed by atoms with Crippen LogP contribution in [0.5, 0.6) is 0 Å². The molecule has 34 heavy (non-hydrogen) atoms. The monoisotopic (exact) mass is 456 g/mol. The van der Waals surface area contributed by atoms with Gasteiger partial charge in [-0.05, 0) is 43.7 Å². The maximum absolute atomic E-state index is 6.08. The first kappa shape index (κ1) is 21.4. The molecule has 0 radical (unpaired) electrons. The molecular weight excluding hydrogens is 428 g/mol. The van der Waals surface area contributed by atoms with E-state index in [-0.39, 0.29) is 18.7 Å². The summed E-state index contributed by atoms with van der Waals surface area (Å²) in [4.78, 5) is 4.70. The largest absolute Gasteiger partial charge is 0.343 e. The minimum Gasteiger partial charge on any atom is -0.343 e. The minimum atomic E-state index is -0.488. The molecule has 3 aromatic rings. The van der Waals surface area contributed by atoms with Crippen molar-refractivity contribution in [1.29, 1.82) is 0 Å². The lowest BCUT2D eigenvalue weighted by Gasteiger charge is -2.53. The molecule has 1 atom stereocenters. The molecule has 2 saturated heterocycles. The van der Waals surface area contributed by atoms with Crippen molar-refractivity contribution in [3.8, 4) is 0 Å². The molecule has 6 nitrogen and oxygen atoms in total. The van der Waals surface area contributed by atoms with Gasteiger partial charge in [-0.15, -0.1) is 0 Å². The minimum absolute atomic E-state index is 0.120. The van der Waals surface area contributed by atoms with Gasteiger partial charge in [0, 0.05) is 23.5 Å². The van der Waals surface area contributed by atoms with Crippen molar-refractivity contribution in [3.05, 3.63) is 108 Å². The standard InChI is InChI=1S/C28H28N2O4/c1-19-31-27(32-19)24-18-29(22-14-8-4-9-15-22)26(21-12-6-3-7-13-21)30(23-16-10-5-11-17-23)25(24)28-33-20(2)34-28/h3-17,19-20,26-28H,18H2,1-2H3. The van der Waals surface area contributed by atoms with Gasteiger partial charge in [-0.2, -0.15) is 0 Å². The number of hydrogen-bond acceptors (Lipinski definition) is 6. The smallest absolute Gasteiger partial charge is 0.204 e. The van der Waals surface area contributed by atoms with E-state index in [0.29, 0.717) is 6.54 Å². The average Bonchev–Trinajstić information content (AvgIpc) is 2.85. The van der Waals surface area contributed by atoms with Crippen molar-refractivity contribution >= 4 is 11.4 Å². The first-order valence-electron chi connectivity index (χ1n) is 11.7. The lowest BCUT2D eigenvalue weighted by atomic mass is 9.98. The zero-order valence-electron chi connectivity index (χ0n) is 19.3. The summed E-state index contributed by atoms with van der Waals surface area (Å²) in [6.07, 6.45) is -1.53. The maximum atomic E-state index is 6.08. The molecule has 6 heteroatoms. The zero-order valence-corrected chi connectivity index (χ0v) is 19.3. The molecule has 3 aromatic carbocycles. The Balaban J connectivity index is 1.57. The van der Waals surface area contributed by atoms with Gasteiger partial charge in [-0.25, -0.2) is 0 Å². The van der Waals surface area contributed by atoms with Gasteiger partial charge in [0.1, 0.15) is 6.17 Å². The van der Waals surface area contributed by atoms with Crippen LogP contribution in [0.4, 0.5) is 11.4 Å². The number of hydrogen-bond donors (Lipinski definition) is 0. The van der Waals surface area contributed by atoms with Crippen LogP contribution >= 0.6 is 0 Å². The molecule has 2 fully saturated rings. The van der Waals surface area contributed by atoms with Gasteiger partial charge < -0.3 is 28.7 Å². The highest BCUT2D eigenvalue weighted by atomic mass is 16.9. The van der Waals surface area contributed by atoms with Gasteiger partial charge in [0.25, 0.3) is 0 Å². The molecule has 3 aliphatic rings. The summed E-state index contributed by atoms with van der Waals surface area (Å²) < 4.78 is 24.2. The maximum Gasteiger partial charge on any atom is 0.204 e. The third-order valence-corrected chi connectivity index (χ3v) is 6.46. The summed E-state index contributed by atoms with van der Waals surface area (Å²) in [6.45, 7) is 4.45. The Kier molecular flexibility index (Phi) is 5.59. The van der Waals surface area contributed by atoms with Gasteiger partial charge in [-0.1, -0.05) is 66.7 Å². The summed E-state index contributed by atoms with van der Waals surface area (Å²) in [7, 11) is 0. The van der Waals surface area contributed by atoms with Gasteiger partial charge >= 0.3 is 0 Å². The van der Waals surface area contributed by atoms with Crippen molar-refractivity contribution in [2.45, 2.75) is 45.2 Å². The molecule has 6 rings (SSSR count). The fourth-order valence-corrected chi connectivity index (χ4v) is 4.92. The number of anilines is 2. The lowest BCUT2D eigenvalue weighted by Crippen LogP contribution is -2.57. The Morgan fingerprint density at radius 2 is 1.12 bits per heavy atom. The molecule has 174 valence electrons. The predicted octanol–water partition coefficient (Wildman–Crippen LogP) is 5.40. The van der Waals surface area contributed by atoms with Crippen molar-refractivity contribution in [2.24, 2.45) is 0 Å². The second-order valence-electron chi connectivity index (χ2n) is 8.71. The Bertz CT molecular complexity index is 1140. The average molecular weight is 457 g/mol. The fraction of sp³-hybridized carbons (Fsp3) is 0.286. The summed E-state index contributed by atoms with van der Waals surface area (Å²) in [5, 5.41) is 0. The fourth-order valence-electron chi connectivity index (χ4n) is 4.92. The van der Waals surface area contributed by atoms with E-state index in [1.165, 1.54) is 5.56 Å². The molecule has 0 saturated carbocycles. The van der Waals surface area contributed by atoms with E-state index in [1.807, 2.05) is 32.0 Å². The lowest BCUT2D eigenvalue weighted by molar-refractivity contribution is -0.370. The Morgan fingerprint density at radius 3 is 1.68 bits per heavy atom. The number of benzene rings is 3. The van der Waals surface area contributed by atoms with Gasteiger partial charge in [0.2, 0.25) is 6.29 Å². The zero-order chi connectivity index (χ0) is 23.1. The number of ether oxygens (including phenoxy) is 4. The van der Waals surface area contributed by atoms with Crippen LogP contribution < -0.4 is 9.80 Å². The van der Waals surface area contributed by atoms with Crippen LogP contribution in [0.3, 0.4) is 0 Å². The van der Waals surface area contributed by atoms with Crippen molar-refractivity contribution in [1.82, 2.24) is 0 Å². The van der Waals surface area contributed by atoms with Crippen LogP contribution in [-0.2, 0) is 18.9 Å². The first-order valence-corrected chi connectivity index (χ1v) is 11.7. The molecule has 0 N–H and O–H groups in total. The first-order chi connectivity index (χ1) is 16.7. The molecule has 1 unspecified atom stereocenters. The van der Waals surface area contributed by atoms with Crippen LogP contribution in [0.2, 0.25) is 0 Å². The normalized spacial score (nSPS) is 28.9. The predicted molar refractivity (Wildman–Crippen MR) is 130 cm³/mol. The number of para-hydroxylation sites is 2. The van der Waals surface area contributed by atoms with E-state index in [2.05, 4.69) is 82.6 Å². The van der Waals surface area contributed by atoms with E-state index >= 15 is 0 Å². The summed E-state index contributed by atoms with van der Waals surface area (Å²) >= 11 is 0. The highest BCUT2D eigenvalue weighted by molar-refractivity contribution is 5.64. The van der Waals surface area contributed by atoms with Gasteiger partial charge in [0.15, 0.2) is 18.9 Å². The second-order valence-corrected chi connectivity index (χ2v) is 8.71. The SMILES string of the molecule is CC1OC(C2=C(C3OC(C)O3)N(c3ccccc3)C(c3ccccc3)N(c3ccccc3)C2)O1. The van der Waals surface area contributed by atoms with Crippen LogP contribution in [0.25, 0.3) is 0 Å². The van der Waals surface area contributed by atoms with E-state index < -0.39 is 12.6 Å². The summed E-state index contributed by atoms with van der Waals surface area (Å²) in [5.41, 5.74) is 5.29. The highest BCUT2D eigenvalue weighted by Crippen LogP contribution is 2.46. The second kappa shape index (κ2) is 8.89. The Labute approximate surface area is 199 Å². The van der Waals surface area contributed by atoms with E-state index in [9.17, 15) is 0 Å². The summed E-state index contributed by atoms with van der Waals surface area (Å²) in [5.74, 6) is 0. The van der Waals surface area contributed by atoms with Crippen molar-refractivity contribution in [2.75, 3.05) is 16.3 Å². The van der Waals surface area contributed by atoms with Gasteiger partial charge in [-0.3, -0.25) is 0 Å². The molecule has 0 bridgehead atoms. The molecule has 0 spiro atoms. The molecule has 3 heterocycles. The van der Waals surface area contributed by atoms with E-state index in [1.54, 1.807) is 0 Å². The third-order valence-electron chi connectivity index (χ3n) is 6.46. The summed E-state index contributed by atoms with van der Waals surface area (Å²) in [6, 6.07) is 31.4. The molecule has 3 aliphatic heterocycles.